The van der Waals surface area contributed by atoms with E-state index in [9.17, 15) is 4.79 Å². The van der Waals surface area contributed by atoms with Crippen molar-refractivity contribution in [3.05, 3.63) is 12.2 Å². The molecule has 0 rings (SSSR count). The lowest BCUT2D eigenvalue weighted by atomic mass is 10.1. The second kappa shape index (κ2) is 14.6. The van der Waals surface area contributed by atoms with Crippen LogP contribution in [0, 0.1) is 0 Å². The van der Waals surface area contributed by atoms with E-state index in [1.807, 2.05) is 0 Å². The molecule has 118 valence electrons. The largest absolute Gasteiger partial charge is 0.356 e. The summed E-state index contributed by atoms with van der Waals surface area (Å²) in [6.45, 7) is 4.01. The second-order valence-corrected chi connectivity index (χ2v) is 5.69. The van der Waals surface area contributed by atoms with E-state index in [-0.39, 0.29) is 5.91 Å². The smallest absolute Gasteiger partial charge is 0.219 e. The number of allylic oxidation sites excluding steroid dienone is 2. The molecule has 0 spiro atoms. The third kappa shape index (κ3) is 15.2. The number of hydrogen-bond donors (Lipinski definition) is 1. The highest BCUT2D eigenvalue weighted by Crippen LogP contribution is 2.07. The van der Waals surface area contributed by atoms with Crippen molar-refractivity contribution in [2.24, 2.45) is 0 Å². The number of nitrogens with one attached hydrogen (secondary N) is 1. The fourth-order valence-corrected chi connectivity index (χ4v) is 2.07. The maximum Gasteiger partial charge on any atom is 0.219 e. The molecular formula is C17H34N2O. The van der Waals surface area contributed by atoms with Crippen LogP contribution in [0.2, 0.25) is 0 Å². The fourth-order valence-electron chi connectivity index (χ4n) is 2.07. The molecule has 0 unspecified atom stereocenters. The van der Waals surface area contributed by atoms with Crippen LogP contribution in [-0.2, 0) is 4.79 Å². The quantitative estimate of drug-likeness (QED) is 0.412. The fraction of sp³-hybridized carbons (Fsp3) is 0.824. The molecule has 3 nitrogen and oxygen atoms in total. The van der Waals surface area contributed by atoms with Gasteiger partial charge in [0.1, 0.15) is 0 Å². The van der Waals surface area contributed by atoms with E-state index in [2.05, 4.69) is 43.4 Å². The Labute approximate surface area is 125 Å². The molecule has 0 aromatic heterocycles. The highest BCUT2D eigenvalue weighted by atomic mass is 16.1. The van der Waals surface area contributed by atoms with Crippen molar-refractivity contribution >= 4 is 5.91 Å². The molecule has 1 amide bonds. The van der Waals surface area contributed by atoms with Crippen LogP contribution in [0.4, 0.5) is 0 Å². The molecule has 20 heavy (non-hydrogen) atoms. The minimum absolute atomic E-state index is 0.217. The summed E-state index contributed by atoms with van der Waals surface area (Å²) >= 11 is 0. The molecule has 3 heteroatoms. The molecule has 0 saturated heterocycles. The molecule has 0 aromatic rings. The van der Waals surface area contributed by atoms with Gasteiger partial charge < -0.3 is 10.2 Å². The topological polar surface area (TPSA) is 32.3 Å². The van der Waals surface area contributed by atoms with Crippen molar-refractivity contribution in [2.45, 2.75) is 64.7 Å². The lowest BCUT2D eigenvalue weighted by molar-refractivity contribution is -0.121. The summed E-state index contributed by atoms with van der Waals surface area (Å²) in [6, 6.07) is 0. The van der Waals surface area contributed by atoms with Crippen LogP contribution in [0.15, 0.2) is 12.2 Å². The second-order valence-electron chi connectivity index (χ2n) is 5.69. The Morgan fingerprint density at radius 2 is 1.70 bits per heavy atom. The van der Waals surface area contributed by atoms with E-state index in [0.717, 1.165) is 32.4 Å². The van der Waals surface area contributed by atoms with Crippen molar-refractivity contribution in [1.82, 2.24) is 10.2 Å². The number of hydrogen-bond acceptors (Lipinski definition) is 2. The predicted octanol–water partition coefficient (Wildman–Crippen LogP) is 3.75. The zero-order valence-electron chi connectivity index (χ0n) is 13.8. The van der Waals surface area contributed by atoms with Gasteiger partial charge in [-0.25, -0.2) is 0 Å². The van der Waals surface area contributed by atoms with E-state index in [1.165, 1.54) is 32.1 Å². The van der Waals surface area contributed by atoms with E-state index in [1.54, 1.807) is 0 Å². The highest BCUT2D eigenvalue weighted by Gasteiger charge is 2.00. The first-order valence-corrected chi connectivity index (χ1v) is 8.23. The number of carbonyl (C=O) groups is 1. The maximum atomic E-state index is 11.6. The first-order chi connectivity index (χ1) is 9.66. The summed E-state index contributed by atoms with van der Waals surface area (Å²) in [4.78, 5) is 13.7. The van der Waals surface area contributed by atoms with E-state index < -0.39 is 0 Å². The van der Waals surface area contributed by atoms with Gasteiger partial charge in [-0.15, -0.1) is 0 Å². The first-order valence-electron chi connectivity index (χ1n) is 8.23. The molecule has 0 aromatic carbocycles. The Bertz CT molecular complexity index is 249. The van der Waals surface area contributed by atoms with Crippen LogP contribution in [0.5, 0.6) is 0 Å². The third-order valence-corrected chi connectivity index (χ3v) is 3.28. The lowest BCUT2D eigenvalue weighted by Gasteiger charge is -2.09. The standard InChI is InChI=1S/C17H34N2O/c1-4-5-6-7-8-9-10-11-12-14-17(20)18-15-13-16-19(2)3/h5-6H,4,7-16H2,1-3H3,(H,18,20)/b6-5+. The number of carbonyl (C=O) groups excluding carboxylic acids is 1. The highest BCUT2D eigenvalue weighted by molar-refractivity contribution is 5.75. The van der Waals surface area contributed by atoms with Gasteiger partial charge in [-0.05, 0) is 52.7 Å². The molecule has 0 aliphatic carbocycles. The molecule has 0 fully saturated rings. The molecule has 0 aliphatic rings. The van der Waals surface area contributed by atoms with Gasteiger partial charge in [0.15, 0.2) is 0 Å². The molecule has 1 N–H and O–H groups in total. The minimum Gasteiger partial charge on any atom is -0.356 e. The zero-order valence-corrected chi connectivity index (χ0v) is 13.8. The Balaban J connectivity index is 3.21. The van der Waals surface area contributed by atoms with Crippen molar-refractivity contribution in [3.63, 3.8) is 0 Å². The van der Waals surface area contributed by atoms with Gasteiger partial charge in [0, 0.05) is 13.0 Å². The van der Waals surface area contributed by atoms with Gasteiger partial charge in [0.2, 0.25) is 5.91 Å². The van der Waals surface area contributed by atoms with E-state index in [4.69, 9.17) is 0 Å². The normalized spacial score (nSPS) is 11.4. The number of nitrogens with zero attached hydrogens (tertiary/aromatic N) is 1. The molecule has 0 saturated carbocycles. The molecular weight excluding hydrogens is 248 g/mol. The molecule has 0 aliphatic heterocycles. The van der Waals surface area contributed by atoms with Crippen LogP contribution < -0.4 is 5.32 Å². The van der Waals surface area contributed by atoms with Crippen LogP contribution in [-0.4, -0.2) is 38.0 Å². The Morgan fingerprint density at radius 1 is 1.00 bits per heavy atom. The third-order valence-electron chi connectivity index (χ3n) is 3.28. The lowest BCUT2D eigenvalue weighted by Crippen LogP contribution is -2.26. The molecule has 0 radical (unpaired) electrons. The summed E-state index contributed by atoms with van der Waals surface area (Å²) in [6.07, 6.45) is 14.6. The van der Waals surface area contributed by atoms with Crippen molar-refractivity contribution in [2.75, 3.05) is 27.2 Å². The summed E-state index contributed by atoms with van der Waals surface area (Å²) in [5.41, 5.74) is 0. The zero-order chi connectivity index (χ0) is 15.1. The van der Waals surface area contributed by atoms with Gasteiger partial charge in [0.05, 0.1) is 0 Å². The van der Waals surface area contributed by atoms with Gasteiger partial charge in [-0.2, -0.15) is 0 Å². The summed E-state index contributed by atoms with van der Waals surface area (Å²) in [7, 11) is 4.11. The molecule has 0 bridgehead atoms. The number of unbranched alkanes of at least 4 members (excludes halogenated alkanes) is 5. The van der Waals surface area contributed by atoms with Gasteiger partial charge in [0.25, 0.3) is 0 Å². The van der Waals surface area contributed by atoms with Crippen molar-refractivity contribution in [1.29, 1.82) is 0 Å². The monoisotopic (exact) mass is 282 g/mol. The molecule has 0 atom stereocenters. The first kappa shape index (κ1) is 19.2. The Kier molecular flexibility index (Phi) is 14.0. The van der Waals surface area contributed by atoms with Crippen molar-refractivity contribution in [3.8, 4) is 0 Å². The number of rotatable bonds is 13. The van der Waals surface area contributed by atoms with Crippen LogP contribution in [0.3, 0.4) is 0 Å². The summed E-state index contributed by atoms with van der Waals surface area (Å²) < 4.78 is 0. The van der Waals surface area contributed by atoms with Gasteiger partial charge in [-0.1, -0.05) is 38.3 Å². The average molecular weight is 282 g/mol. The van der Waals surface area contributed by atoms with Gasteiger partial charge in [-0.3, -0.25) is 4.79 Å². The van der Waals surface area contributed by atoms with Crippen LogP contribution >= 0.6 is 0 Å². The number of amides is 1. The average Bonchev–Trinajstić information content (AvgIpc) is 2.41. The van der Waals surface area contributed by atoms with Gasteiger partial charge >= 0.3 is 0 Å². The van der Waals surface area contributed by atoms with E-state index >= 15 is 0 Å². The Morgan fingerprint density at radius 3 is 2.40 bits per heavy atom. The molecule has 0 heterocycles. The summed E-state index contributed by atoms with van der Waals surface area (Å²) in [5, 5.41) is 2.99. The van der Waals surface area contributed by atoms with Crippen LogP contribution in [0.1, 0.15) is 64.7 Å². The maximum absolute atomic E-state index is 11.6. The minimum atomic E-state index is 0.217. The van der Waals surface area contributed by atoms with Crippen molar-refractivity contribution < 1.29 is 4.79 Å². The summed E-state index contributed by atoms with van der Waals surface area (Å²) in [5.74, 6) is 0.217. The van der Waals surface area contributed by atoms with Crippen LogP contribution in [0.25, 0.3) is 0 Å². The Hall–Kier alpha value is -0.830. The van der Waals surface area contributed by atoms with E-state index in [0.29, 0.717) is 6.42 Å². The predicted molar refractivity (Wildman–Crippen MR) is 87.9 cm³/mol. The SMILES string of the molecule is CC/C=C/CCCCCCCC(=O)NCCCN(C)C.